The van der Waals surface area contributed by atoms with Crippen molar-refractivity contribution in [3.63, 3.8) is 0 Å². The van der Waals surface area contributed by atoms with E-state index in [0.717, 1.165) is 23.4 Å². The summed E-state index contributed by atoms with van der Waals surface area (Å²) in [5.74, 6) is 1.06. The van der Waals surface area contributed by atoms with Gasteiger partial charge in [0.25, 0.3) is 5.91 Å². The molecule has 2 N–H and O–H groups in total. The van der Waals surface area contributed by atoms with Crippen molar-refractivity contribution in [3.05, 3.63) is 54.1 Å². The number of amides is 1. The highest BCUT2D eigenvalue weighted by molar-refractivity contribution is 7.99. The van der Waals surface area contributed by atoms with Crippen molar-refractivity contribution >= 4 is 17.7 Å². The van der Waals surface area contributed by atoms with Gasteiger partial charge in [-0.2, -0.15) is 11.8 Å². The van der Waals surface area contributed by atoms with Crippen molar-refractivity contribution in [2.24, 2.45) is 0 Å². The molecule has 1 saturated heterocycles. The minimum Gasteiger partial charge on any atom is -0.379 e. The fourth-order valence-corrected chi connectivity index (χ4v) is 3.75. The molecule has 1 unspecified atom stereocenters. The highest BCUT2D eigenvalue weighted by Gasteiger charge is 2.39. The fourth-order valence-electron chi connectivity index (χ4n) is 2.51. The van der Waals surface area contributed by atoms with E-state index in [-0.39, 0.29) is 5.91 Å². The second-order valence-electron chi connectivity index (χ2n) is 5.57. The first kappa shape index (κ1) is 15.1. The molecular formula is C16H19N3O2S. The molecule has 0 radical (unpaired) electrons. The van der Waals surface area contributed by atoms with Crippen molar-refractivity contribution in [1.29, 1.82) is 0 Å². The number of nitrogens with one attached hydrogen (secondary N) is 1. The number of imidazole rings is 1. The quantitative estimate of drug-likeness (QED) is 0.875. The second kappa shape index (κ2) is 6.54. The molecule has 0 spiro atoms. The Bertz CT molecular complexity index is 637. The van der Waals surface area contributed by atoms with Crippen molar-refractivity contribution in [2.75, 3.05) is 11.5 Å². The maximum atomic E-state index is 12.1. The Morgan fingerprint density at radius 3 is 3.05 bits per heavy atom. The number of benzene rings is 1. The number of hydrogen-bond acceptors (Lipinski definition) is 4. The zero-order chi connectivity index (χ0) is 15.4. The van der Waals surface area contributed by atoms with Gasteiger partial charge in [0, 0.05) is 31.2 Å². The maximum Gasteiger partial charge on any atom is 0.253 e. The molecule has 1 aliphatic rings. The molecular weight excluding hydrogens is 298 g/mol. The Balaban J connectivity index is 1.59. The molecule has 22 heavy (non-hydrogen) atoms. The normalized spacial score (nSPS) is 21.0. The zero-order valence-corrected chi connectivity index (χ0v) is 13.1. The van der Waals surface area contributed by atoms with Crippen LogP contribution in [0.15, 0.2) is 43.0 Å². The Kier molecular flexibility index (Phi) is 4.49. The summed E-state index contributed by atoms with van der Waals surface area (Å²) in [7, 11) is 0. The number of aliphatic hydroxyl groups is 1. The van der Waals surface area contributed by atoms with Crippen molar-refractivity contribution in [1.82, 2.24) is 14.9 Å². The zero-order valence-electron chi connectivity index (χ0n) is 12.2. The smallest absolute Gasteiger partial charge is 0.253 e. The van der Waals surface area contributed by atoms with Crippen molar-refractivity contribution in [3.8, 4) is 0 Å². The molecule has 1 aromatic heterocycles. The molecule has 0 saturated carbocycles. The van der Waals surface area contributed by atoms with Gasteiger partial charge in [0.05, 0.1) is 6.33 Å². The lowest BCUT2D eigenvalue weighted by Crippen LogP contribution is -2.46. The Hall–Kier alpha value is -1.79. The van der Waals surface area contributed by atoms with E-state index in [2.05, 4.69) is 16.4 Å². The molecule has 1 aliphatic heterocycles. The summed E-state index contributed by atoms with van der Waals surface area (Å²) in [6, 6.07) is 8.07. The molecule has 1 amide bonds. The fraction of sp³-hybridized carbons (Fsp3) is 0.375. The molecule has 1 atom stereocenters. The lowest BCUT2D eigenvalue weighted by atomic mass is 10.0. The summed E-state index contributed by atoms with van der Waals surface area (Å²) in [5, 5.41) is 13.1. The number of aromatic nitrogens is 2. The predicted octanol–water partition coefficient (Wildman–Crippen LogP) is 1.42. The van der Waals surface area contributed by atoms with Gasteiger partial charge in [-0.25, -0.2) is 4.98 Å². The molecule has 6 heteroatoms. The van der Waals surface area contributed by atoms with Crippen LogP contribution in [-0.2, 0) is 17.9 Å². The van der Waals surface area contributed by atoms with Crippen LogP contribution >= 0.6 is 11.8 Å². The van der Waals surface area contributed by atoms with Gasteiger partial charge in [0.2, 0.25) is 0 Å². The van der Waals surface area contributed by atoms with Gasteiger partial charge >= 0.3 is 0 Å². The van der Waals surface area contributed by atoms with Crippen LogP contribution in [0.3, 0.4) is 0 Å². The Labute approximate surface area is 133 Å². The molecule has 1 aromatic carbocycles. The molecule has 3 rings (SSSR count). The van der Waals surface area contributed by atoms with E-state index < -0.39 is 5.60 Å². The highest BCUT2D eigenvalue weighted by atomic mass is 32.2. The van der Waals surface area contributed by atoms with Crippen LogP contribution in [0, 0.1) is 0 Å². The van der Waals surface area contributed by atoms with E-state index >= 15 is 0 Å². The van der Waals surface area contributed by atoms with E-state index in [1.54, 1.807) is 24.3 Å². The molecule has 0 aliphatic carbocycles. The number of carbonyl (C=O) groups excluding carboxylic acids is 1. The first-order chi connectivity index (χ1) is 10.7. The summed E-state index contributed by atoms with van der Waals surface area (Å²) in [5.41, 5.74) is 0.985. The van der Waals surface area contributed by atoms with E-state index in [0.29, 0.717) is 18.7 Å². The third-order valence-corrected chi connectivity index (χ3v) is 4.97. The van der Waals surface area contributed by atoms with E-state index in [1.165, 1.54) is 0 Å². The van der Waals surface area contributed by atoms with Crippen LogP contribution in [0.1, 0.15) is 17.5 Å². The number of rotatable bonds is 5. The van der Waals surface area contributed by atoms with E-state index in [4.69, 9.17) is 0 Å². The summed E-state index contributed by atoms with van der Waals surface area (Å²) in [6.45, 7) is 1.19. The van der Waals surface area contributed by atoms with E-state index in [9.17, 15) is 9.90 Å². The minimum absolute atomic E-state index is 0.266. The van der Waals surface area contributed by atoms with Crippen LogP contribution < -0.4 is 5.32 Å². The van der Waals surface area contributed by atoms with Gasteiger partial charge in [-0.1, -0.05) is 24.3 Å². The summed E-state index contributed by atoms with van der Waals surface area (Å²) in [6.07, 6.45) is 5.98. The summed E-state index contributed by atoms with van der Waals surface area (Å²) >= 11 is 1.62. The van der Waals surface area contributed by atoms with Gasteiger partial charge in [0.1, 0.15) is 0 Å². The first-order valence-electron chi connectivity index (χ1n) is 7.28. The molecule has 0 bridgehead atoms. The van der Waals surface area contributed by atoms with Crippen LogP contribution in [0.25, 0.3) is 0 Å². The average Bonchev–Trinajstić information content (AvgIpc) is 3.18. The van der Waals surface area contributed by atoms with Gasteiger partial charge < -0.3 is 15.0 Å². The Morgan fingerprint density at radius 2 is 2.32 bits per heavy atom. The lowest BCUT2D eigenvalue weighted by molar-refractivity contribution is -0.137. The van der Waals surface area contributed by atoms with Gasteiger partial charge in [0.15, 0.2) is 5.60 Å². The SMILES string of the molecule is O=C(NCc1cccc(Cn2ccnc2)c1)C1(O)CCSC1. The molecule has 2 heterocycles. The number of carbonyl (C=O) groups is 1. The van der Waals surface area contributed by atoms with Crippen LogP contribution in [0.5, 0.6) is 0 Å². The lowest BCUT2D eigenvalue weighted by Gasteiger charge is -2.20. The molecule has 116 valence electrons. The third kappa shape index (κ3) is 3.51. The summed E-state index contributed by atoms with van der Waals surface area (Å²) < 4.78 is 2.00. The minimum atomic E-state index is -1.20. The van der Waals surface area contributed by atoms with Crippen LogP contribution in [0.4, 0.5) is 0 Å². The first-order valence-corrected chi connectivity index (χ1v) is 8.43. The van der Waals surface area contributed by atoms with Crippen LogP contribution in [-0.4, -0.2) is 37.7 Å². The molecule has 2 aromatic rings. The monoisotopic (exact) mass is 317 g/mol. The van der Waals surface area contributed by atoms with Crippen molar-refractivity contribution in [2.45, 2.75) is 25.1 Å². The predicted molar refractivity (Wildman–Crippen MR) is 86.5 cm³/mol. The van der Waals surface area contributed by atoms with E-state index in [1.807, 2.05) is 29.0 Å². The molecule has 5 nitrogen and oxygen atoms in total. The Morgan fingerprint density at radius 1 is 1.45 bits per heavy atom. The van der Waals surface area contributed by atoms with Crippen LogP contribution in [0.2, 0.25) is 0 Å². The average molecular weight is 317 g/mol. The number of thioether (sulfide) groups is 1. The maximum absolute atomic E-state index is 12.1. The third-order valence-electron chi connectivity index (χ3n) is 3.79. The highest BCUT2D eigenvalue weighted by Crippen LogP contribution is 2.27. The molecule has 1 fully saturated rings. The van der Waals surface area contributed by atoms with Gasteiger partial charge in [-0.05, 0) is 23.3 Å². The largest absolute Gasteiger partial charge is 0.379 e. The van der Waals surface area contributed by atoms with Crippen molar-refractivity contribution < 1.29 is 9.90 Å². The summed E-state index contributed by atoms with van der Waals surface area (Å²) in [4.78, 5) is 16.1. The number of nitrogens with zero attached hydrogens (tertiary/aromatic N) is 2. The standard InChI is InChI=1S/C16H19N3O2S/c20-15(16(21)4-7-22-11-16)18-9-13-2-1-3-14(8-13)10-19-6-5-17-12-19/h1-3,5-6,8,12,21H,4,7,9-11H2,(H,18,20). The second-order valence-corrected chi connectivity index (χ2v) is 6.68. The number of hydrogen-bond donors (Lipinski definition) is 2. The topological polar surface area (TPSA) is 67.2 Å². The van der Waals surface area contributed by atoms with Gasteiger partial charge in [-0.3, -0.25) is 4.79 Å². The van der Waals surface area contributed by atoms with Gasteiger partial charge in [-0.15, -0.1) is 0 Å².